The fourth-order valence-corrected chi connectivity index (χ4v) is 6.98. The topological polar surface area (TPSA) is 55.7 Å². The minimum Gasteiger partial charge on any atom is -0.497 e. The van der Waals surface area contributed by atoms with Crippen molar-refractivity contribution in [3.63, 3.8) is 0 Å². The summed E-state index contributed by atoms with van der Waals surface area (Å²) in [7, 11) is 1.63. The van der Waals surface area contributed by atoms with E-state index in [1.165, 1.54) is 33.8 Å². The van der Waals surface area contributed by atoms with Crippen LogP contribution in [0.4, 0.5) is 10.5 Å². The molecule has 1 atom stereocenters. The summed E-state index contributed by atoms with van der Waals surface area (Å²) in [6.45, 7) is 3.12. The van der Waals surface area contributed by atoms with Crippen LogP contribution in [0.25, 0.3) is 5.00 Å². The number of anilines is 1. The number of aromatic nitrogens is 1. The van der Waals surface area contributed by atoms with E-state index in [9.17, 15) is 4.79 Å². The molecule has 1 N–H and O–H groups in total. The van der Waals surface area contributed by atoms with E-state index in [2.05, 4.69) is 40.3 Å². The summed E-state index contributed by atoms with van der Waals surface area (Å²) in [6, 6.07) is 19.4. The molecule has 7 heteroatoms. The van der Waals surface area contributed by atoms with Gasteiger partial charge >= 0.3 is 6.03 Å². The number of thiophene rings is 1. The Hall–Kier alpha value is -3.71. The molecule has 0 saturated heterocycles. The third-order valence-corrected chi connectivity index (χ3v) is 8.58. The number of hydrogen-bond donors (Lipinski definition) is 1. The fraction of sp³-hybridized carbons (Fsp3) is 0.300. The first-order valence-electron chi connectivity index (χ1n) is 12.9. The zero-order valence-corrected chi connectivity index (χ0v) is 22.0. The zero-order chi connectivity index (χ0) is 25.4. The maximum atomic E-state index is 14.1. The maximum Gasteiger partial charge on any atom is 0.322 e. The van der Waals surface area contributed by atoms with Crippen LogP contribution in [0.5, 0.6) is 11.5 Å². The predicted octanol–water partition coefficient (Wildman–Crippen LogP) is 6.96. The highest BCUT2D eigenvalue weighted by Crippen LogP contribution is 2.44. The third kappa shape index (κ3) is 4.37. The Morgan fingerprint density at radius 2 is 1.86 bits per heavy atom. The van der Waals surface area contributed by atoms with Crippen LogP contribution >= 0.6 is 11.3 Å². The van der Waals surface area contributed by atoms with Crippen LogP contribution in [-0.4, -0.2) is 29.2 Å². The van der Waals surface area contributed by atoms with Crippen molar-refractivity contribution in [1.82, 2.24) is 9.47 Å². The average Bonchev–Trinajstić information content (AvgIpc) is 3.51. The summed E-state index contributed by atoms with van der Waals surface area (Å²) in [4.78, 5) is 17.5. The number of carbonyl (C=O) groups is 1. The number of carbonyl (C=O) groups excluding carboxylic acids is 1. The average molecular weight is 514 g/mol. The van der Waals surface area contributed by atoms with E-state index in [4.69, 9.17) is 9.47 Å². The van der Waals surface area contributed by atoms with Gasteiger partial charge in [0.05, 0.1) is 32.0 Å². The van der Waals surface area contributed by atoms with E-state index < -0.39 is 0 Å². The Balaban J connectivity index is 1.48. The van der Waals surface area contributed by atoms with Crippen molar-refractivity contribution in [3.8, 4) is 16.5 Å². The van der Waals surface area contributed by atoms with E-state index in [0.29, 0.717) is 24.6 Å². The Morgan fingerprint density at radius 3 is 2.73 bits per heavy atom. The second-order valence-electron chi connectivity index (χ2n) is 9.50. The SMILES string of the molecule is CCOc1cccc(C2c3cccn3-c3sc4c(c3CN2C(=O)Nc2cccc(OC)c2)CCCC4)c1. The van der Waals surface area contributed by atoms with E-state index in [-0.39, 0.29) is 12.1 Å². The van der Waals surface area contributed by atoms with Gasteiger partial charge in [-0.1, -0.05) is 18.2 Å². The van der Waals surface area contributed by atoms with Crippen molar-refractivity contribution in [3.05, 3.63) is 94.1 Å². The molecule has 190 valence electrons. The number of methoxy groups -OCH3 is 1. The standard InChI is InChI=1S/C30H31N3O3S/c1-3-36-23-12-6-9-20(17-23)28-26-14-8-16-32(26)29-25(24-13-4-5-15-27(24)37-29)19-33(28)30(34)31-21-10-7-11-22(18-21)35-2/h6-12,14,16-18,28H,3-5,13,15,19H2,1-2H3,(H,31,34). The lowest BCUT2D eigenvalue weighted by molar-refractivity contribution is 0.194. The van der Waals surface area contributed by atoms with Crippen LogP contribution in [0, 0.1) is 0 Å². The van der Waals surface area contributed by atoms with Gasteiger partial charge < -0.3 is 24.3 Å². The Morgan fingerprint density at radius 1 is 1.03 bits per heavy atom. The third-order valence-electron chi connectivity index (χ3n) is 7.25. The number of aryl methyl sites for hydroxylation is 1. The molecule has 1 aliphatic carbocycles. The molecule has 1 aliphatic heterocycles. The number of amides is 2. The van der Waals surface area contributed by atoms with Gasteiger partial charge in [0.2, 0.25) is 0 Å². The van der Waals surface area contributed by atoms with Gasteiger partial charge in [0.25, 0.3) is 0 Å². The summed E-state index contributed by atoms with van der Waals surface area (Å²) >= 11 is 1.89. The molecule has 2 aliphatic rings. The van der Waals surface area contributed by atoms with Crippen LogP contribution < -0.4 is 14.8 Å². The number of hydrogen-bond acceptors (Lipinski definition) is 4. The van der Waals surface area contributed by atoms with Gasteiger partial charge in [-0.2, -0.15) is 0 Å². The van der Waals surface area contributed by atoms with Crippen molar-refractivity contribution in [2.75, 3.05) is 19.0 Å². The normalized spacial score (nSPS) is 16.3. The van der Waals surface area contributed by atoms with Gasteiger partial charge in [0.1, 0.15) is 16.5 Å². The molecular formula is C30H31N3O3S. The van der Waals surface area contributed by atoms with Crippen LogP contribution in [0.15, 0.2) is 66.9 Å². The first-order chi connectivity index (χ1) is 18.2. The van der Waals surface area contributed by atoms with Crippen LogP contribution in [0.2, 0.25) is 0 Å². The highest BCUT2D eigenvalue weighted by atomic mass is 32.1. The number of ether oxygens (including phenoxy) is 2. The second kappa shape index (κ2) is 9.98. The number of benzene rings is 2. The monoisotopic (exact) mass is 513 g/mol. The lowest BCUT2D eigenvalue weighted by Crippen LogP contribution is -2.38. The molecule has 6 nitrogen and oxygen atoms in total. The van der Waals surface area contributed by atoms with E-state index in [1.807, 2.05) is 59.6 Å². The summed E-state index contributed by atoms with van der Waals surface area (Å²) in [5.74, 6) is 1.51. The van der Waals surface area contributed by atoms with Crippen LogP contribution in [-0.2, 0) is 19.4 Å². The van der Waals surface area contributed by atoms with Crippen LogP contribution in [0.3, 0.4) is 0 Å². The molecule has 0 saturated carbocycles. The number of nitrogens with zero attached hydrogens (tertiary/aromatic N) is 2. The molecule has 2 aromatic carbocycles. The summed E-state index contributed by atoms with van der Waals surface area (Å²) in [5.41, 5.74) is 5.52. The molecule has 2 amide bonds. The summed E-state index contributed by atoms with van der Waals surface area (Å²) < 4.78 is 13.5. The second-order valence-corrected chi connectivity index (χ2v) is 10.6. The van der Waals surface area contributed by atoms with Gasteiger partial charge in [-0.25, -0.2) is 4.79 Å². The number of fused-ring (bicyclic) bond motifs is 5. The van der Waals surface area contributed by atoms with Gasteiger partial charge in [-0.15, -0.1) is 11.3 Å². The van der Waals surface area contributed by atoms with Crippen molar-refractivity contribution < 1.29 is 14.3 Å². The number of nitrogens with one attached hydrogen (secondary N) is 1. The van der Waals surface area contributed by atoms with E-state index in [1.54, 1.807) is 7.11 Å². The highest BCUT2D eigenvalue weighted by molar-refractivity contribution is 7.15. The first kappa shape index (κ1) is 23.7. The van der Waals surface area contributed by atoms with Crippen molar-refractivity contribution >= 4 is 23.1 Å². The molecular weight excluding hydrogens is 482 g/mol. The number of rotatable bonds is 5. The van der Waals surface area contributed by atoms with Gasteiger partial charge in [-0.05, 0) is 80.1 Å². The van der Waals surface area contributed by atoms with Gasteiger partial charge in [-0.3, -0.25) is 0 Å². The minimum atomic E-state index is -0.278. The first-order valence-corrected chi connectivity index (χ1v) is 13.7. The molecule has 6 rings (SSSR count). The van der Waals surface area contributed by atoms with Gasteiger partial charge in [0.15, 0.2) is 0 Å². The summed E-state index contributed by atoms with van der Waals surface area (Å²) in [5, 5.41) is 4.39. The predicted molar refractivity (Wildman–Crippen MR) is 147 cm³/mol. The van der Waals surface area contributed by atoms with Gasteiger partial charge in [0, 0.05) is 28.4 Å². The Kier molecular flexibility index (Phi) is 6.38. The zero-order valence-electron chi connectivity index (χ0n) is 21.2. The number of urea groups is 1. The minimum absolute atomic E-state index is 0.142. The lowest BCUT2D eigenvalue weighted by atomic mass is 9.95. The molecule has 2 aromatic heterocycles. The largest absolute Gasteiger partial charge is 0.497 e. The Labute approximate surface area is 221 Å². The van der Waals surface area contributed by atoms with E-state index in [0.717, 1.165) is 29.8 Å². The lowest BCUT2D eigenvalue weighted by Gasteiger charge is -2.31. The summed E-state index contributed by atoms with van der Waals surface area (Å²) in [6.07, 6.45) is 6.77. The van der Waals surface area contributed by atoms with Crippen molar-refractivity contribution in [2.24, 2.45) is 0 Å². The van der Waals surface area contributed by atoms with Crippen LogP contribution in [0.1, 0.15) is 53.1 Å². The fourth-order valence-electron chi connectivity index (χ4n) is 5.57. The highest BCUT2D eigenvalue weighted by Gasteiger charge is 2.36. The van der Waals surface area contributed by atoms with Crippen molar-refractivity contribution in [2.45, 2.75) is 45.2 Å². The maximum absolute atomic E-state index is 14.1. The molecule has 0 radical (unpaired) electrons. The molecule has 0 bridgehead atoms. The molecule has 1 unspecified atom stereocenters. The smallest absolute Gasteiger partial charge is 0.322 e. The molecule has 3 heterocycles. The Bertz CT molecular complexity index is 1440. The molecule has 37 heavy (non-hydrogen) atoms. The van der Waals surface area contributed by atoms with E-state index >= 15 is 0 Å². The quantitative estimate of drug-likeness (QED) is 0.314. The molecule has 0 fully saturated rings. The molecule has 0 spiro atoms. The van der Waals surface area contributed by atoms with Crippen molar-refractivity contribution in [1.29, 1.82) is 0 Å². The molecule has 4 aromatic rings.